The molecule has 2 heterocycles. The first-order valence-electron chi connectivity index (χ1n) is 12.7. The lowest BCUT2D eigenvalue weighted by Gasteiger charge is -2.47. The van der Waals surface area contributed by atoms with Crippen LogP contribution < -0.4 is 5.32 Å². The molecule has 36 heavy (non-hydrogen) atoms. The molecule has 0 bridgehead atoms. The maximum Gasteiger partial charge on any atom is 0.416 e. The van der Waals surface area contributed by atoms with Crippen molar-refractivity contribution in [1.82, 2.24) is 9.80 Å². The summed E-state index contributed by atoms with van der Waals surface area (Å²) in [4.78, 5) is 16.2. The summed E-state index contributed by atoms with van der Waals surface area (Å²) in [5.41, 5.74) is 0.520. The number of allylic oxidation sites excluding steroid dienone is 3. The highest BCUT2D eigenvalue weighted by Gasteiger charge is 2.45. The summed E-state index contributed by atoms with van der Waals surface area (Å²) in [5.74, 6) is 0.243. The summed E-state index contributed by atoms with van der Waals surface area (Å²) >= 11 is 0. The van der Waals surface area contributed by atoms with Crippen molar-refractivity contribution in [3.8, 4) is 0 Å². The van der Waals surface area contributed by atoms with Crippen molar-refractivity contribution in [1.29, 1.82) is 0 Å². The summed E-state index contributed by atoms with van der Waals surface area (Å²) in [6, 6.07) is 3.89. The summed E-state index contributed by atoms with van der Waals surface area (Å²) in [7, 11) is 3.89. The zero-order valence-corrected chi connectivity index (χ0v) is 21.1. The number of carbonyl (C=O) groups excluding carboxylic acids is 1. The van der Waals surface area contributed by atoms with Crippen LogP contribution in [0.4, 0.5) is 23.7 Å². The van der Waals surface area contributed by atoms with Gasteiger partial charge in [-0.15, -0.1) is 0 Å². The second-order valence-electron chi connectivity index (χ2n) is 10.1. The van der Waals surface area contributed by atoms with Crippen LogP contribution >= 0.6 is 0 Å². The SMILES string of the molecule is CCN(CCN(C)C)C(=O)OC[C@H]1CC[C@@H]2[C@H](O1)c1cc(C(F)(F)F)ccc1N[C@H]2C1C=CC=CC1. The minimum Gasteiger partial charge on any atom is -0.447 e. The minimum atomic E-state index is -4.43. The van der Waals surface area contributed by atoms with Gasteiger partial charge in [0.05, 0.1) is 17.8 Å². The highest BCUT2D eigenvalue weighted by molar-refractivity contribution is 5.67. The van der Waals surface area contributed by atoms with Crippen LogP contribution in [0.1, 0.15) is 43.4 Å². The Morgan fingerprint density at radius 2 is 2.00 bits per heavy atom. The normalized spacial score (nSPS) is 27.2. The fraction of sp³-hybridized carbons (Fsp3) is 0.593. The van der Waals surface area contributed by atoms with E-state index in [-0.39, 0.29) is 30.6 Å². The Morgan fingerprint density at radius 3 is 2.67 bits per heavy atom. The summed E-state index contributed by atoms with van der Waals surface area (Å²) in [5, 5.41) is 3.53. The molecule has 1 aromatic rings. The Balaban J connectivity index is 1.50. The molecule has 5 atom stereocenters. The summed E-state index contributed by atoms with van der Waals surface area (Å²) in [6.07, 6.45) is 4.93. The molecule has 1 aromatic carbocycles. The van der Waals surface area contributed by atoms with Crippen LogP contribution in [0.5, 0.6) is 0 Å². The molecule has 198 valence electrons. The molecule has 2 aliphatic heterocycles. The molecule has 1 fully saturated rings. The molecular formula is C27H36F3N3O3. The van der Waals surface area contributed by atoms with Gasteiger partial charge < -0.3 is 24.6 Å². The van der Waals surface area contributed by atoms with Gasteiger partial charge in [0.2, 0.25) is 0 Å². The molecule has 1 N–H and O–H groups in total. The number of ether oxygens (including phenoxy) is 2. The molecule has 1 unspecified atom stereocenters. The first-order valence-corrected chi connectivity index (χ1v) is 12.7. The van der Waals surface area contributed by atoms with Crippen LogP contribution in [-0.2, 0) is 15.7 Å². The third kappa shape index (κ3) is 6.06. The second kappa shape index (κ2) is 11.3. The van der Waals surface area contributed by atoms with E-state index >= 15 is 0 Å². The molecule has 1 amide bonds. The Bertz CT molecular complexity index is 979. The van der Waals surface area contributed by atoms with Crippen molar-refractivity contribution in [2.75, 3.05) is 45.7 Å². The maximum atomic E-state index is 13.5. The lowest BCUT2D eigenvalue weighted by molar-refractivity contribution is -0.138. The van der Waals surface area contributed by atoms with Crippen LogP contribution in [0.2, 0.25) is 0 Å². The van der Waals surface area contributed by atoms with Crippen molar-refractivity contribution in [3.63, 3.8) is 0 Å². The van der Waals surface area contributed by atoms with E-state index in [1.807, 2.05) is 38.1 Å². The molecule has 6 nitrogen and oxygen atoms in total. The molecule has 1 aliphatic carbocycles. The second-order valence-corrected chi connectivity index (χ2v) is 10.1. The number of fused-ring (bicyclic) bond motifs is 3. The quantitative estimate of drug-likeness (QED) is 0.529. The van der Waals surface area contributed by atoms with Gasteiger partial charge in [-0.3, -0.25) is 0 Å². The van der Waals surface area contributed by atoms with Gasteiger partial charge in [-0.25, -0.2) is 4.79 Å². The van der Waals surface area contributed by atoms with Gasteiger partial charge in [0.15, 0.2) is 0 Å². The van der Waals surface area contributed by atoms with Crippen molar-refractivity contribution >= 4 is 11.8 Å². The number of halogens is 3. The lowest BCUT2D eigenvalue weighted by Crippen LogP contribution is -2.47. The highest BCUT2D eigenvalue weighted by atomic mass is 19.4. The monoisotopic (exact) mass is 507 g/mol. The van der Waals surface area contributed by atoms with Gasteiger partial charge in [0, 0.05) is 48.8 Å². The lowest BCUT2D eigenvalue weighted by atomic mass is 9.73. The summed E-state index contributed by atoms with van der Waals surface area (Å²) < 4.78 is 52.5. The Labute approximate surface area is 211 Å². The Morgan fingerprint density at radius 1 is 1.19 bits per heavy atom. The van der Waals surface area contributed by atoms with Crippen molar-refractivity contribution in [2.24, 2.45) is 11.8 Å². The van der Waals surface area contributed by atoms with Crippen LogP contribution in [0.25, 0.3) is 0 Å². The number of amides is 1. The zero-order chi connectivity index (χ0) is 25.9. The van der Waals surface area contributed by atoms with E-state index in [2.05, 4.69) is 17.5 Å². The van der Waals surface area contributed by atoms with Gasteiger partial charge in [-0.2, -0.15) is 13.2 Å². The average Bonchev–Trinajstić information content (AvgIpc) is 2.86. The molecule has 0 radical (unpaired) electrons. The van der Waals surface area contributed by atoms with Crippen molar-refractivity contribution in [3.05, 3.63) is 53.6 Å². The maximum absolute atomic E-state index is 13.5. The molecule has 0 aromatic heterocycles. The third-order valence-corrected chi connectivity index (χ3v) is 7.34. The third-order valence-electron chi connectivity index (χ3n) is 7.34. The van der Waals surface area contributed by atoms with Gasteiger partial charge in [0.25, 0.3) is 0 Å². The van der Waals surface area contributed by atoms with E-state index in [1.54, 1.807) is 4.90 Å². The fourth-order valence-corrected chi connectivity index (χ4v) is 5.34. The van der Waals surface area contributed by atoms with E-state index in [0.717, 1.165) is 25.5 Å². The minimum absolute atomic E-state index is 0.0151. The molecule has 3 aliphatic rings. The predicted octanol–water partition coefficient (Wildman–Crippen LogP) is 5.49. The molecule has 9 heteroatoms. The smallest absolute Gasteiger partial charge is 0.416 e. The standard InChI is InChI=1S/C27H36F3N3O3/c1-4-33(15-14-32(2)3)26(34)35-17-20-11-12-21-24(18-8-6-5-7-9-18)31-23-13-10-19(27(28,29)30)16-22(23)25(21)36-20/h5-8,10,13,16,18,20-21,24-25,31H,4,9,11-12,14-15,17H2,1-3H3/t18?,20-,21+,24+,25+/m1/s1. The van der Waals surface area contributed by atoms with Crippen molar-refractivity contribution in [2.45, 2.75) is 50.6 Å². The van der Waals surface area contributed by atoms with Crippen LogP contribution in [0, 0.1) is 11.8 Å². The molecule has 0 spiro atoms. The van der Waals surface area contributed by atoms with Gasteiger partial charge in [0.1, 0.15) is 6.61 Å². The number of rotatable bonds is 7. The predicted molar refractivity (Wildman–Crippen MR) is 133 cm³/mol. The topological polar surface area (TPSA) is 54.0 Å². The Kier molecular flexibility index (Phi) is 8.30. The number of nitrogens with zero attached hydrogens (tertiary/aromatic N) is 2. The summed E-state index contributed by atoms with van der Waals surface area (Å²) in [6.45, 7) is 3.80. The molecule has 4 rings (SSSR count). The van der Waals surface area contributed by atoms with E-state index in [9.17, 15) is 18.0 Å². The van der Waals surface area contributed by atoms with Crippen LogP contribution in [0.15, 0.2) is 42.5 Å². The largest absolute Gasteiger partial charge is 0.447 e. The van der Waals surface area contributed by atoms with E-state index in [4.69, 9.17) is 9.47 Å². The van der Waals surface area contributed by atoms with Crippen LogP contribution in [0.3, 0.4) is 0 Å². The number of hydrogen-bond acceptors (Lipinski definition) is 5. The highest BCUT2D eigenvalue weighted by Crippen LogP contribution is 2.49. The average molecular weight is 508 g/mol. The molecule has 1 saturated heterocycles. The number of anilines is 1. The fourth-order valence-electron chi connectivity index (χ4n) is 5.34. The van der Waals surface area contributed by atoms with Gasteiger partial charge >= 0.3 is 12.3 Å². The number of nitrogens with one attached hydrogen (secondary N) is 1. The molecule has 0 saturated carbocycles. The van der Waals surface area contributed by atoms with Gasteiger partial charge in [-0.1, -0.05) is 24.3 Å². The molecular weight excluding hydrogens is 471 g/mol. The zero-order valence-electron chi connectivity index (χ0n) is 21.1. The van der Waals surface area contributed by atoms with Crippen molar-refractivity contribution < 1.29 is 27.4 Å². The van der Waals surface area contributed by atoms with Gasteiger partial charge in [-0.05, 0) is 58.5 Å². The Hall–Kier alpha value is -2.52. The first-order chi connectivity index (χ1) is 17.2. The van der Waals surface area contributed by atoms with Crippen LogP contribution in [-0.4, -0.2) is 68.4 Å². The number of benzene rings is 1. The van der Waals surface area contributed by atoms with E-state index < -0.39 is 23.9 Å². The van der Waals surface area contributed by atoms with E-state index in [0.29, 0.717) is 30.8 Å². The number of hydrogen-bond donors (Lipinski definition) is 1. The number of carbonyl (C=O) groups is 1. The first kappa shape index (κ1) is 26.5. The number of alkyl halides is 3. The number of likely N-dealkylation sites (N-methyl/N-ethyl adjacent to an activating group) is 2. The van der Waals surface area contributed by atoms with E-state index in [1.165, 1.54) is 12.1 Å².